The number of carbonyl (C=O) groups excluding carboxylic acids is 2. The van der Waals surface area contributed by atoms with Crippen LogP contribution >= 0.6 is 0 Å². The molecule has 160 valence electrons. The second-order valence-electron chi connectivity index (χ2n) is 7.06. The molecule has 2 heterocycles. The van der Waals surface area contributed by atoms with Crippen molar-refractivity contribution in [1.82, 2.24) is 0 Å². The number of esters is 1. The molecular weight excluding hydrogens is 412 g/mol. The van der Waals surface area contributed by atoms with Gasteiger partial charge in [0.2, 0.25) is 12.6 Å². The Bertz CT molecular complexity index is 1240. The fraction of sp³-hybridized carbons (Fsp3) is 0.120. The minimum absolute atomic E-state index is 0.122. The van der Waals surface area contributed by atoms with E-state index in [0.717, 1.165) is 11.3 Å². The molecule has 5 rings (SSSR count). The minimum Gasteiger partial charge on any atom is -0.494 e. The highest BCUT2D eigenvalue weighted by atomic mass is 16.7. The van der Waals surface area contributed by atoms with Crippen molar-refractivity contribution < 1.29 is 33.3 Å². The van der Waals surface area contributed by atoms with E-state index in [4.69, 9.17) is 23.7 Å². The largest absolute Gasteiger partial charge is 0.494 e. The Morgan fingerprint density at radius 2 is 1.72 bits per heavy atom. The van der Waals surface area contributed by atoms with Gasteiger partial charge in [0.15, 0.2) is 17.3 Å². The Hall–Kier alpha value is -4.26. The summed E-state index contributed by atoms with van der Waals surface area (Å²) in [7, 11) is 0. The molecule has 2 aliphatic rings. The van der Waals surface area contributed by atoms with Gasteiger partial charge >= 0.3 is 5.97 Å². The number of fused-ring (bicyclic) bond motifs is 2. The molecule has 0 spiro atoms. The number of Topliss-reactive ketones (excluding diaryl/α,β-unsaturated/α-hetero) is 1. The number of hydrogen-bond acceptors (Lipinski definition) is 7. The molecule has 0 saturated heterocycles. The van der Waals surface area contributed by atoms with Gasteiger partial charge in [-0.25, -0.2) is 4.79 Å². The third-order valence-corrected chi connectivity index (χ3v) is 4.95. The Morgan fingerprint density at radius 1 is 0.938 bits per heavy atom. The van der Waals surface area contributed by atoms with Crippen LogP contribution in [0.2, 0.25) is 0 Å². The van der Waals surface area contributed by atoms with Crippen LogP contribution in [0.3, 0.4) is 0 Å². The summed E-state index contributed by atoms with van der Waals surface area (Å²) in [5, 5.41) is 0. The molecule has 3 aromatic carbocycles. The Labute approximate surface area is 183 Å². The van der Waals surface area contributed by atoms with E-state index >= 15 is 0 Å². The smallest absolute Gasteiger partial charge is 0.343 e. The van der Waals surface area contributed by atoms with E-state index < -0.39 is 5.97 Å². The zero-order valence-corrected chi connectivity index (χ0v) is 17.1. The fourth-order valence-corrected chi connectivity index (χ4v) is 3.40. The van der Waals surface area contributed by atoms with Gasteiger partial charge in [0, 0.05) is 6.07 Å². The highest BCUT2D eigenvalue weighted by Gasteiger charge is 2.28. The number of allylic oxidation sites excluding steroid dienone is 1. The van der Waals surface area contributed by atoms with E-state index in [1.807, 2.05) is 31.2 Å². The highest BCUT2D eigenvalue weighted by molar-refractivity contribution is 6.14. The van der Waals surface area contributed by atoms with Crippen LogP contribution in [-0.4, -0.2) is 25.2 Å². The minimum atomic E-state index is -0.558. The van der Waals surface area contributed by atoms with E-state index in [9.17, 15) is 9.59 Å². The molecule has 0 amide bonds. The number of carbonyl (C=O) groups is 2. The van der Waals surface area contributed by atoms with Crippen molar-refractivity contribution in [3.63, 3.8) is 0 Å². The molecule has 0 atom stereocenters. The Balaban J connectivity index is 1.32. The molecule has 2 aliphatic heterocycles. The van der Waals surface area contributed by atoms with Crippen LogP contribution in [0.4, 0.5) is 0 Å². The summed E-state index contributed by atoms with van der Waals surface area (Å²) in [6, 6.07) is 16.8. The van der Waals surface area contributed by atoms with Gasteiger partial charge in [-0.05, 0) is 61.0 Å². The Kier molecular flexibility index (Phi) is 4.99. The molecule has 0 fully saturated rings. The second-order valence-corrected chi connectivity index (χ2v) is 7.06. The molecule has 0 radical (unpaired) electrons. The average molecular weight is 430 g/mol. The second kappa shape index (κ2) is 8.11. The zero-order valence-electron chi connectivity index (χ0n) is 17.1. The van der Waals surface area contributed by atoms with E-state index in [2.05, 4.69) is 0 Å². The first-order valence-corrected chi connectivity index (χ1v) is 10.0. The summed E-state index contributed by atoms with van der Waals surface area (Å²) < 4.78 is 27.2. The van der Waals surface area contributed by atoms with Crippen LogP contribution in [-0.2, 0) is 0 Å². The van der Waals surface area contributed by atoms with E-state index in [0.29, 0.717) is 35.0 Å². The van der Waals surface area contributed by atoms with Crippen LogP contribution in [0, 0.1) is 0 Å². The molecule has 0 aliphatic carbocycles. The highest BCUT2D eigenvalue weighted by Crippen LogP contribution is 2.36. The first kappa shape index (κ1) is 19.7. The van der Waals surface area contributed by atoms with Crippen molar-refractivity contribution >= 4 is 17.8 Å². The molecule has 0 bridgehead atoms. The third kappa shape index (κ3) is 3.76. The van der Waals surface area contributed by atoms with Crippen molar-refractivity contribution in [2.45, 2.75) is 6.92 Å². The van der Waals surface area contributed by atoms with Gasteiger partial charge in [0.1, 0.15) is 17.2 Å². The van der Waals surface area contributed by atoms with Gasteiger partial charge in [-0.2, -0.15) is 0 Å². The number of benzene rings is 3. The summed E-state index contributed by atoms with van der Waals surface area (Å²) >= 11 is 0. The lowest BCUT2D eigenvalue weighted by atomic mass is 10.1. The van der Waals surface area contributed by atoms with Gasteiger partial charge in [0.25, 0.3) is 0 Å². The van der Waals surface area contributed by atoms with E-state index in [1.165, 1.54) is 6.07 Å². The SMILES string of the molecule is CCOc1ccc(/C=C2\Oc3cc(OC(=O)c4ccc5c(c4)OCO5)ccc3C2=O)cc1. The normalized spacial score (nSPS) is 14.8. The van der Waals surface area contributed by atoms with E-state index in [1.54, 1.807) is 36.4 Å². The van der Waals surface area contributed by atoms with Gasteiger partial charge in [-0.15, -0.1) is 0 Å². The summed E-state index contributed by atoms with van der Waals surface area (Å²) in [4.78, 5) is 25.2. The molecular formula is C25H18O7. The third-order valence-electron chi connectivity index (χ3n) is 4.95. The molecule has 0 N–H and O–H groups in total. The van der Waals surface area contributed by atoms with Crippen molar-refractivity contribution in [2.24, 2.45) is 0 Å². The molecule has 0 unspecified atom stereocenters. The number of rotatable bonds is 5. The lowest BCUT2D eigenvalue weighted by Crippen LogP contribution is -2.08. The lowest BCUT2D eigenvalue weighted by Gasteiger charge is -2.06. The van der Waals surface area contributed by atoms with Crippen LogP contribution in [0.15, 0.2) is 66.4 Å². The van der Waals surface area contributed by atoms with Gasteiger partial charge in [-0.1, -0.05) is 12.1 Å². The first-order chi connectivity index (χ1) is 15.6. The van der Waals surface area contributed by atoms with Crippen molar-refractivity contribution in [2.75, 3.05) is 13.4 Å². The summed E-state index contributed by atoms with van der Waals surface area (Å²) in [6.45, 7) is 2.62. The molecule has 7 heteroatoms. The number of ether oxygens (including phenoxy) is 5. The number of hydrogen-bond donors (Lipinski definition) is 0. The van der Waals surface area contributed by atoms with Gasteiger partial charge in [0.05, 0.1) is 17.7 Å². The molecule has 0 saturated carbocycles. The maximum atomic E-state index is 12.7. The van der Waals surface area contributed by atoms with Crippen molar-refractivity contribution in [1.29, 1.82) is 0 Å². The maximum absolute atomic E-state index is 12.7. The van der Waals surface area contributed by atoms with Crippen LogP contribution in [0.1, 0.15) is 33.2 Å². The lowest BCUT2D eigenvalue weighted by molar-refractivity contribution is 0.0734. The topological polar surface area (TPSA) is 80.3 Å². The van der Waals surface area contributed by atoms with E-state index in [-0.39, 0.29) is 24.1 Å². The van der Waals surface area contributed by atoms with Crippen LogP contribution < -0.4 is 23.7 Å². The quantitative estimate of drug-likeness (QED) is 0.331. The van der Waals surface area contributed by atoms with Crippen LogP contribution in [0.25, 0.3) is 6.08 Å². The zero-order chi connectivity index (χ0) is 22.1. The molecule has 3 aromatic rings. The molecule has 32 heavy (non-hydrogen) atoms. The van der Waals surface area contributed by atoms with Gasteiger partial charge in [-0.3, -0.25) is 4.79 Å². The van der Waals surface area contributed by atoms with Crippen molar-refractivity contribution in [3.8, 4) is 28.7 Å². The maximum Gasteiger partial charge on any atom is 0.343 e. The summed E-state index contributed by atoms with van der Waals surface area (Å²) in [5.74, 6) is 1.84. The summed E-state index contributed by atoms with van der Waals surface area (Å²) in [6.07, 6.45) is 1.66. The van der Waals surface area contributed by atoms with Gasteiger partial charge < -0.3 is 23.7 Å². The fourth-order valence-electron chi connectivity index (χ4n) is 3.40. The van der Waals surface area contributed by atoms with Crippen LogP contribution in [0.5, 0.6) is 28.7 Å². The number of ketones is 1. The Morgan fingerprint density at radius 3 is 2.53 bits per heavy atom. The molecule has 0 aromatic heterocycles. The average Bonchev–Trinajstić information content (AvgIpc) is 3.39. The predicted octanol–water partition coefficient (Wildman–Crippen LogP) is 4.65. The predicted molar refractivity (Wildman–Crippen MR) is 115 cm³/mol. The molecule has 7 nitrogen and oxygen atoms in total. The monoisotopic (exact) mass is 430 g/mol. The summed E-state index contributed by atoms with van der Waals surface area (Å²) in [5.41, 5.74) is 1.53. The standard InChI is InChI=1S/C25H18O7/c1-2-28-17-6-3-15(4-7-17)11-23-24(26)19-9-8-18(13-21(19)32-23)31-25(27)16-5-10-20-22(12-16)30-14-29-20/h3-13H,2,14H2,1H3/b23-11-. The first-order valence-electron chi connectivity index (χ1n) is 10.0. The van der Waals surface area contributed by atoms with Crippen molar-refractivity contribution in [3.05, 3.63) is 83.1 Å².